The molecule has 0 fully saturated rings. The summed E-state index contributed by atoms with van der Waals surface area (Å²) in [6.07, 6.45) is 0.0640. The number of rotatable bonds is 3. The zero-order valence-corrected chi connectivity index (χ0v) is 14.9. The standard InChI is InChI=1S/C20H17F3N2O3/c1-28-17-9-8-11(10-16(17)25(26)27)18-13-5-2-4-12(13)14-6-3-7-15(19(14)24-18)20(21,22)23/h2-4,6-10,12-13,18,24H,5H2,1H3/t12?,13?,18-/m1/s1. The van der Waals surface area contributed by atoms with Crippen molar-refractivity contribution in [2.24, 2.45) is 5.92 Å². The van der Waals surface area contributed by atoms with Crippen LogP contribution in [0, 0.1) is 16.0 Å². The highest BCUT2D eigenvalue weighted by Crippen LogP contribution is 2.53. The molecule has 0 aromatic heterocycles. The number of anilines is 1. The van der Waals surface area contributed by atoms with Crippen LogP contribution in [0.15, 0.2) is 48.6 Å². The summed E-state index contributed by atoms with van der Waals surface area (Å²) in [7, 11) is 1.34. The molecule has 1 N–H and O–H groups in total. The number of nitro groups is 1. The van der Waals surface area contributed by atoms with Gasteiger partial charge in [-0.3, -0.25) is 10.1 Å². The molecule has 4 rings (SSSR count). The molecule has 5 nitrogen and oxygen atoms in total. The van der Waals surface area contributed by atoms with Crippen LogP contribution in [-0.4, -0.2) is 12.0 Å². The van der Waals surface area contributed by atoms with E-state index in [1.54, 1.807) is 12.1 Å². The SMILES string of the molecule is COc1ccc([C@H]2Nc3c(cccc3C(F)(F)F)C3C=CCC32)cc1[N+](=O)[O-]. The van der Waals surface area contributed by atoms with Crippen molar-refractivity contribution in [2.45, 2.75) is 24.6 Å². The molecule has 1 heterocycles. The summed E-state index contributed by atoms with van der Waals surface area (Å²) in [4.78, 5) is 10.8. The van der Waals surface area contributed by atoms with Crippen molar-refractivity contribution >= 4 is 11.4 Å². The highest BCUT2D eigenvalue weighted by atomic mass is 19.4. The molecule has 0 bridgehead atoms. The van der Waals surface area contributed by atoms with E-state index in [1.165, 1.54) is 25.3 Å². The number of allylic oxidation sites excluding steroid dienone is 2. The Balaban J connectivity index is 1.83. The average molecular weight is 390 g/mol. The van der Waals surface area contributed by atoms with Gasteiger partial charge in [-0.15, -0.1) is 0 Å². The lowest BCUT2D eigenvalue weighted by Gasteiger charge is -2.38. The van der Waals surface area contributed by atoms with Gasteiger partial charge in [-0.1, -0.05) is 30.4 Å². The minimum atomic E-state index is -4.50. The number of nitrogens with zero attached hydrogens (tertiary/aromatic N) is 1. The van der Waals surface area contributed by atoms with Gasteiger partial charge in [0.15, 0.2) is 5.75 Å². The zero-order chi connectivity index (χ0) is 20.1. The third-order valence-electron chi connectivity index (χ3n) is 5.46. The molecule has 0 spiro atoms. The summed E-state index contributed by atoms with van der Waals surface area (Å²) in [5.41, 5.74) is 0.281. The molecule has 0 saturated heterocycles. The molecular formula is C20H17F3N2O3. The summed E-state index contributed by atoms with van der Waals surface area (Å²) in [6.45, 7) is 0. The van der Waals surface area contributed by atoms with Crippen molar-refractivity contribution < 1.29 is 22.8 Å². The third kappa shape index (κ3) is 2.89. The number of fused-ring (bicyclic) bond motifs is 3. The minimum Gasteiger partial charge on any atom is -0.490 e. The summed E-state index contributed by atoms with van der Waals surface area (Å²) in [5.74, 6) is -0.0873. The maximum absolute atomic E-state index is 13.6. The summed E-state index contributed by atoms with van der Waals surface area (Å²) in [5, 5.41) is 14.4. The Labute approximate surface area is 159 Å². The van der Waals surface area contributed by atoms with Gasteiger partial charge in [0.05, 0.1) is 29.3 Å². The van der Waals surface area contributed by atoms with E-state index in [-0.39, 0.29) is 29.0 Å². The first kappa shape index (κ1) is 18.3. The maximum atomic E-state index is 13.6. The minimum absolute atomic E-state index is 0.0241. The Morgan fingerprint density at radius 2 is 2.04 bits per heavy atom. The number of ether oxygens (including phenoxy) is 1. The quantitative estimate of drug-likeness (QED) is 0.430. The molecule has 2 aliphatic rings. The van der Waals surface area contributed by atoms with Gasteiger partial charge in [0, 0.05) is 12.0 Å². The Morgan fingerprint density at radius 3 is 2.71 bits per heavy atom. The first-order valence-electron chi connectivity index (χ1n) is 8.77. The smallest absolute Gasteiger partial charge is 0.418 e. The van der Waals surface area contributed by atoms with Gasteiger partial charge in [0.1, 0.15) is 0 Å². The van der Waals surface area contributed by atoms with Crippen LogP contribution in [0.5, 0.6) is 5.75 Å². The van der Waals surface area contributed by atoms with E-state index in [2.05, 4.69) is 5.32 Å². The van der Waals surface area contributed by atoms with Crippen LogP contribution < -0.4 is 10.1 Å². The molecule has 2 aromatic rings. The second kappa shape index (κ2) is 6.54. The van der Waals surface area contributed by atoms with Gasteiger partial charge in [-0.25, -0.2) is 0 Å². The monoisotopic (exact) mass is 390 g/mol. The number of hydrogen-bond donors (Lipinski definition) is 1. The molecule has 146 valence electrons. The second-order valence-electron chi connectivity index (χ2n) is 6.93. The third-order valence-corrected chi connectivity index (χ3v) is 5.46. The van der Waals surface area contributed by atoms with Crippen LogP contribution in [-0.2, 0) is 6.18 Å². The normalized spacial score (nSPS) is 22.9. The molecular weight excluding hydrogens is 373 g/mol. The van der Waals surface area contributed by atoms with Crippen molar-refractivity contribution in [3.63, 3.8) is 0 Å². The van der Waals surface area contributed by atoms with Crippen molar-refractivity contribution in [1.82, 2.24) is 0 Å². The number of nitrogens with one attached hydrogen (secondary N) is 1. The van der Waals surface area contributed by atoms with Crippen LogP contribution in [0.25, 0.3) is 0 Å². The van der Waals surface area contributed by atoms with Crippen molar-refractivity contribution in [1.29, 1.82) is 0 Å². The second-order valence-corrected chi connectivity index (χ2v) is 6.93. The Kier molecular flexibility index (Phi) is 4.28. The van der Waals surface area contributed by atoms with Crippen molar-refractivity contribution in [3.8, 4) is 5.75 Å². The largest absolute Gasteiger partial charge is 0.490 e. The van der Waals surface area contributed by atoms with Crippen LogP contribution in [0.2, 0.25) is 0 Å². The molecule has 0 radical (unpaired) electrons. The van der Waals surface area contributed by atoms with Gasteiger partial charge >= 0.3 is 11.9 Å². The summed E-state index contributed by atoms with van der Waals surface area (Å²) < 4.78 is 45.7. The average Bonchev–Trinajstić information content (AvgIpc) is 3.15. The Morgan fingerprint density at radius 1 is 1.25 bits per heavy atom. The Bertz CT molecular complexity index is 972. The van der Waals surface area contributed by atoms with Gasteiger partial charge in [-0.05, 0) is 35.6 Å². The maximum Gasteiger partial charge on any atom is 0.418 e. The van der Waals surface area contributed by atoms with E-state index < -0.39 is 22.7 Å². The fourth-order valence-electron chi connectivity index (χ4n) is 4.23. The number of halogens is 3. The van der Waals surface area contributed by atoms with E-state index in [1.807, 2.05) is 12.2 Å². The highest BCUT2D eigenvalue weighted by molar-refractivity contribution is 5.65. The Hall–Kier alpha value is -3.03. The number of para-hydroxylation sites is 1. The van der Waals surface area contributed by atoms with E-state index in [0.29, 0.717) is 17.5 Å². The molecule has 0 amide bonds. The van der Waals surface area contributed by atoms with E-state index >= 15 is 0 Å². The first-order valence-corrected chi connectivity index (χ1v) is 8.77. The summed E-state index contributed by atoms with van der Waals surface area (Å²) >= 11 is 0. The number of hydrogen-bond acceptors (Lipinski definition) is 4. The highest BCUT2D eigenvalue weighted by Gasteiger charge is 2.43. The topological polar surface area (TPSA) is 64.4 Å². The number of methoxy groups -OCH3 is 1. The molecule has 0 saturated carbocycles. The fraction of sp³-hybridized carbons (Fsp3) is 0.300. The van der Waals surface area contributed by atoms with Crippen molar-refractivity contribution in [2.75, 3.05) is 12.4 Å². The van der Waals surface area contributed by atoms with Crippen LogP contribution >= 0.6 is 0 Å². The van der Waals surface area contributed by atoms with Crippen LogP contribution in [0.3, 0.4) is 0 Å². The first-order chi connectivity index (χ1) is 13.3. The molecule has 28 heavy (non-hydrogen) atoms. The predicted molar refractivity (Wildman–Crippen MR) is 97.4 cm³/mol. The zero-order valence-electron chi connectivity index (χ0n) is 14.9. The molecule has 2 aromatic carbocycles. The molecule has 1 aliphatic carbocycles. The molecule has 2 unspecified atom stereocenters. The van der Waals surface area contributed by atoms with Gasteiger partial charge in [-0.2, -0.15) is 13.2 Å². The predicted octanol–water partition coefficient (Wildman–Crippen LogP) is 5.45. The number of benzene rings is 2. The van der Waals surface area contributed by atoms with Crippen LogP contribution in [0.1, 0.15) is 35.1 Å². The summed E-state index contributed by atoms with van der Waals surface area (Å²) in [6, 6.07) is 8.23. The van der Waals surface area contributed by atoms with E-state index in [9.17, 15) is 23.3 Å². The van der Waals surface area contributed by atoms with E-state index in [4.69, 9.17) is 4.74 Å². The van der Waals surface area contributed by atoms with E-state index in [0.717, 1.165) is 6.07 Å². The number of alkyl halides is 3. The van der Waals surface area contributed by atoms with Gasteiger partial charge in [0.25, 0.3) is 0 Å². The molecule has 8 heteroatoms. The van der Waals surface area contributed by atoms with Gasteiger partial charge in [0.2, 0.25) is 0 Å². The molecule has 1 aliphatic heterocycles. The van der Waals surface area contributed by atoms with Gasteiger partial charge < -0.3 is 10.1 Å². The van der Waals surface area contributed by atoms with Crippen LogP contribution in [0.4, 0.5) is 24.5 Å². The lowest BCUT2D eigenvalue weighted by Crippen LogP contribution is -2.30. The lowest BCUT2D eigenvalue weighted by molar-refractivity contribution is -0.385. The van der Waals surface area contributed by atoms with Crippen molar-refractivity contribution in [3.05, 3.63) is 75.4 Å². The number of nitro benzene ring substituents is 1. The fourth-order valence-corrected chi connectivity index (χ4v) is 4.23. The molecule has 3 atom stereocenters. The lowest BCUT2D eigenvalue weighted by atomic mass is 9.76.